The van der Waals surface area contributed by atoms with Gasteiger partial charge in [-0.2, -0.15) is 0 Å². The van der Waals surface area contributed by atoms with Crippen molar-refractivity contribution in [2.24, 2.45) is 0 Å². The largest absolute Gasteiger partial charge is 0.354 e. The van der Waals surface area contributed by atoms with Crippen molar-refractivity contribution in [1.29, 1.82) is 0 Å². The lowest BCUT2D eigenvalue weighted by Gasteiger charge is -2.38. The molecule has 1 fully saturated rings. The highest BCUT2D eigenvalue weighted by Gasteiger charge is 2.22. The highest BCUT2D eigenvalue weighted by molar-refractivity contribution is 6.17. The molecule has 1 atom stereocenters. The van der Waals surface area contributed by atoms with E-state index in [2.05, 4.69) is 49.8 Å². The first-order valence-corrected chi connectivity index (χ1v) is 7.56. The number of likely N-dealkylation sites (N-methyl/N-ethyl adjacent to an activating group) is 1. The van der Waals surface area contributed by atoms with E-state index in [4.69, 9.17) is 16.6 Å². The predicted molar refractivity (Wildman–Crippen MR) is 82.2 cm³/mol. The summed E-state index contributed by atoms with van der Waals surface area (Å²) in [6.45, 7) is 9.78. The van der Waals surface area contributed by atoms with E-state index in [1.807, 2.05) is 0 Å². The van der Waals surface area contributed by atoms with Gasteiger partial charge in [-0.25, -0.2) is 4.98 Å². The molecule has 1 aliphatic heterocycles. The average Bonchev–Trinajstić information content (AvgIpc) is 2.41. The Bertz CT molecular complexity index is 433. The molecule has 1 unspecified atom stereocenters. The number of hydrogen-bond donors (Lipinski definition) is 0. The van der Waals surface area contributed by atoms with Crippen LogP contribution >= 0.6 is 11.6 Å². The van der Waals surface area contributed by atoms with Gasteiger partial charge in [0, 0.05) is 37.3 Å². The maximum absolute atomic E-state index is 6.01. The second-order valence-corrected chi connectivity index (χ2v) is 6.09. The Kier molecular flexibility index (Phi) is 4.69. The zero-order valence-electron chi connectivity index (χ0n) is 12.4. The minimum Gasteiger partial charge on any atom is -0.354 e. The van der Waals surface area contributed by atoms with E-state index >= 15 is 0 Å². The second-order valence-electron chi connectivity index (χ2n) is 5.82. The monoisotopic (exact) mass is 281 g/mol. The molecule has 1 aromatic rings. The number of rotatable bonds is 3. The number of anilines is 1. The fourth-order valence-corrected chi connectivity index (χ4v) is 2.54. The minimum atomic E-state index is 0.437. The van der Waals surface area contributed by atoms with E-state index < -0.39 is 0 Å². The summed E-state index contributed by atoms with van der Waals surface area (Å²) in [5.41, 5.74) is 2.31. The molecule has 0 bridgehead atoms. The molecule has 1 aromatic heterocycles. The van der Waals surface area contributed by atoms with Crippen LogP contribution in [0.5, 0.6) is 0 Å². The smallest absolute Gasteiger partial charge is 0.129 e. The fraction of sp³-hybridized carbons (Fsp3) is 0.667. The number of halogens is 1. The quantitative estimate of drug-likeness (QED) is 0.794. The molecular formula is C15H24ClN3. The Balaban J connectivity index is 2.26. The van der Waals surface area contributed by atoms with E-state index in [-0.39, 0.29) is 0 Å². The summed E-state index contributed by atoms with van der Waals surface area (Å²) in [4.78, 5) is 9.59. The summed E-state index contributed by atoms with van der Waals surface area (Å²) in [5, 5.41) is 0. The first-order valence-electron chi connectivity index (χ1n) is 7.03. The SMILES string of the molecule is CC(C)c1cc(CCl)cc(N2CCN(C)C(C)C2)n1. The van der Waals surface area contributed by atoms with Crippen molar-refractivity contribution in [3.63, 3.8) is 0 Å². The highest BCUT2D eigenvalue weighted by Crippen LogP contribution is 2.23. The number of alkyl halides is 1. The van der Waals surface area contributed by atoms with E-state index in [0.717, 1.165) is 31.1 Å². The first kappa shape index (κ1) is 14.6. The Morgan fingerprint density at radius 2 is 2.11 bits per heavy atom. The molecule has 19 heavy (non-hydrogen) atoms. The third kappa shape index (κ3) is 3.40. The van der Waals surface area contributed by atoms with Gasteiger partial charge in [-0.15, -0.1) is 11.6 Å². The van der Waals surface area contributed by atoms with Crippen LogP contribution in [0.2, 0.25) is 0 Å². The van der Waals surface area contributed by atoms with Crippen LogP contribution in [0.15, 0.2) is 12.1 Å². The molecule has 1 saturated heterocycles. The standard InChI is InChI=1S/C15H24ClN3/c1-11(2)14-7-13(9-16)8-15(17-14)19-6-5-18(4)12(3)10-19/h7-8,11-12H,5-6,9-10H2,1-4H3. The summed E-state index contributed by atoms with van der Waals surface area (Å²) in [6.07, 6.45) is 0. The summed E-state index contributed by atoms with van der Waals surface area (Å²) in [5.74, 6) is 2.08. The van der Waals surface area contributed by atoms with Crippen LogP contribution < -0.4 is 4.90 Å². The van der Waals surface area contributed by atoms with E-state index in [1.54, 1.807) is 0 Å². The molecule has 0 N–H and O–H groups in total. The van der Waals surface area contributed by atoms with Gasteiger partial charge in [0.2, 0.25) is 0 Å². The third-order valence-corrected chi connectivity index (χ3v) is 4.23. The van der Waals surface area contributed by atoms with E-state index in [1.165, 1.54) is 5.56 Å². The van der Waals surface area contributed by atoms with Crippen LogP contribution in [0.25, 0.3) is 0 Å². The molecule has 0 radical (unpaired) electrons. The van der Waals surface area contributed by atoms with Gasteiger partial charge in [0.05, 0.1) is 0 Å². The van der Waals surface area contributed by atoms with Gasteiger partial charge in [0.25, 0.3) is 0 Å². The highest BCUT2D eigenvalue weighted by atomic mass is 35.5. The molecule has 0 spiro atoms. The molecule has 0 amide bonds. The van der Waals surface area contributed by atoms with Crippen LogP contribution in [0.1, 0.15) is 37.9 Å². The number of piperazine rings is 1. The molecule has 0 aliphatic carbocycles. The zero-order valence-corrected chi connectivity index (χ0v) is 13.1. The number of aromatic nitrogens is 1. The molecule has 0 aromatic carbocycles. The van der Waals surface area contributed by atoms with Crippen LogP contribution in [-0.4, -0.2) is 42.6 Å². The molecule has 0 saturated carbocycles. The minimum absolute atomic E-state index is 0.437. The Hall–Kier alpha value is -0.800. The average molecular weight is 282 g/mol. The van der Waals surface area contributed by atoms with Crippen molar-refractivity contribution in [2.75, 3.05) is 31.6 Å². The van der Waals surface area contributed by atoms with Crippen LogP contribution in [0.3, 0.4) is 0 Å². The maximum Gasteiger partial charge on any atom is 0.129 e. The molecule has 4 heteroatoms. The Labute approximate surface area is 121 Å². The summed E-state index contributed by atoms with van der Waals surface area (Å²) >= 11 is 6.01. The van der Waals surface area contributed by atoms with Gasteiger partial charge >= 0.3 is 0 Å². The van der Waals surface area contributed by atoms with Crippen molar-refractivity contribution in [2.45, 2.75) is 38.6 Å². The third-order valence-electron chi connectivity index (χ3n) is 3.92. The molecule has 2 heterocycles. The number of hydrogen-bond acceptors (Lipinski definition) is 3. The number of pyridine rings is 1. The lowest BCUT2D eigenvalue weighted by atomic mass is 10.1. The van der Waals surface area contributed by atoms with Crippen molar-refractivity contribution < 1.29 is 0 Å². The summed E-state index contributed by atoms with van der Waals surface area (Å²) in [6, 6.07) is 4.83. The van der Waals surface area contributed by atoms with Gasteiger partial charge in [0.1, 0.15) is 5.82 Å². The lowest BCUT2D eigenvalue weighted by molar-refractivity contribution is 0.233. The molecule has 106 valence electrons. The lowest BCUT2D eigenvalue weighted by Crippen LogP contribution is -2.50. The van der Waals surface area contributed by atoms with E-state index in [0.29, 0.717) is 17.8 Å². The summed E-state index contributed by atoms with van der Waals surface area (Å²) in [7, 11) is 2.18. The van der Waals surface area contributed by atoms with Crippen molar-refractivity contribution in [3.8, 4) is 0 Å². The normalized spacial score (nSPS) is 21.2. The Morgan fingerprint density at radius 1 is 1.37 bits per heavy atom. The molecular weight excluding hydrogens is 258 g/mol. The first-order chi connectivity index (χ1) is 9.01. The topological polar surface area (TPSA) is 19.4 Å². The maximum atomic E-state index is 6.01. The van der Waals surface area contributed by atoms with E-state index in [9.17, 15) is 0 Å². The van der Waals surface area contributed by atoms with Gasteiger partial charge in [-0.05, 0) is 37.6 Å². The zero-order chi connectivity index (χ0) is 14.0. The number of nitrogens with zero attached hydrogens (tertiary/aromatic N) is 3. The predicted octanol–water partition coefficient (Wildman–Crippen LogP) is 3.08. The fourth-order valence-electron chi connectivity index (χ4n) is 2.39. The summed E-state index contributed by atoms with van der Waals surface area (Å²) < 4.78 is 0. The van der Waals surface area contributed by atoms with Crippen molar-refractivity contribution in [1.82, 2.24) is 9.88 Å². The van der Waals surface area contributed by atoms with Crippen LogP contribution in [0.4, 0.5) is 5.82 Å². The van der Waals surface area contributed by atoms with Crippen LogP contribution in [0, 0.1) is 0 Å². The van der Waals surface area contributed by atoms with Crippen molar-refractivity contribution >= 4 is 17.4 Å². The van der Waals surface area contributed by atoms with Gasteiger partial charge in [-0.1, -0.05) is 13.8 Å². The molecule has 2 rings (SSSR count). The molecule has 3 nitrogen and oxygen atoms in total. The van der Waals surface area contributed by atoms with Gasteiger partial charge in [-0.3, -0.25) is 0 Å². The van der Waals surface area contributed by atoms with Crippen molar-refractivity contribution in [3.05, 3.63) is 23.4 Å². The van der Waals surface area contributed by atoms with Gasteiger partial charge < -0.3 is 9.80 Å². The van der Waals surface area contributed by atoms with Gasteiger partial charge in [0.15, 0.2) is 0 Å². The molecule has 1 aliphatic rings. The van der Waals surface area contributed by atoms with Crippen LogP contribution in [-0.2, 0) is 5.88 Å². The second kappa shape index (κ2) is 6.10. The Morgan fingerprint density at radius 3 is 2.68 bits per heavy atom.